The summed E-state index contributed by atoms with van der Waals surface area (Å²) in [5.41, 5.74) is 1.41. The lowest BCUT2D eigenvalue weighted by Crippen LogP contribution is -2.45. The maximum absolute atomic E-state index is 12.3. The Morgan fingerprint density at radius 2 is 1.87 bits per heavy atom. The van der Waals surface area contributed by atoms with Crippen LogP contribution in [0.1, 0.15) is 21.9 Å². The van der Waals surface area contributed by atoms with Crippen molar-refractivity contribution in [3.05, 3.63) is 59.8 Å². The summed E-state index contributed by atoms with van der Waals surface area (Å²) in [6.07, 6.45) is 5.69. The number of aromatic nitrogens is 1. The maximum Gasteiger partial charge on any atom is 0.325 e. The van der Waals surface area contributed by atoms with Gasteiger partial charge in [0.15, 0.2) is 5.69 Å². The summed E-state index contributed by atoms with van der Waals surface area (Å²) < 4.78 is 10.0. The third-order valence-corrected chi connectivity index (χ3v) is 5.01. The molecule has 1 saturated heterocycles. The monoisotopic (exact) mass is 412 g/mol. The van der Waals surface area contributed by atoms with Crippen LogP contribution in [0.25, 0.3) is 6.08 Å². The van der Waals surface area contributed by atoms with E-state index < -0.39 is 5.97 Å². The molecule has 160 valence electrons. The number of carbonyl (C=O) groups excluding carboxylic acids is 2. The normalized spacial score (nSPS) is 15.4. The molecule has 30 heavy (non-hydrogen) atoms. The van der Waals surface area contributed by atoms with Crippen molar-refractivity contribution in [3.63, 3.8) is 0 Å². The average molecular weight is 412 g/mol. The van der Waals surface area contributed by atoms with Crippen LogP contribution in [0.2, 0.25) is 0 Å². The van der Waals surface area contributed by atoms with Gasteiger partial charge in [0.05, 0.1) is 13.7 Å². The molecular weight excluding hydrogens is 384 g/mol. The topological polar surface area (TPSA) is 79.1 Å². The Balaban J connectivity index is 1.42. The third-order valence-electron chi connectivity index (χ3n) is 5.01. The maximum atomic E-state index is 12.3. The molecule has 1 aliphatic rings. The van der Waals surface area contributed by atoms with Gasteiger partial charge in [-0.1, -0.05) is 42.5 Å². The molecule has 1 aromatic carbocycles. The molecule has 0 aliphatic carbocycles. The quantitative estimate of drug-likeness (QED) is 0.611. The highest BCUT2D eigenvalue weighted by Gasteiger charge is 2.21. The number of rotatable bonds is 8. The van der Waals surface area contributed by atoms with Gasteiger partial charge in [-0.15, -0.1) is 0 Å². The van der Waals surface area contributed by atoms with E-state index in [1.807, 2.05) is 18.2 Å². The molecule has 8 heteroatoms. The molecule has 1 fully saturated rings. The first kappa shape index (κ1) is 21.7. The number of piperazine rings is 1. The first-order valence-electron chi connectivity index (χ1n) is 9.98. The van der Waals surface area contributed by atoms with E-state index in [9.17, 15) is 9.59 Å². The van der Waals surface area contributed by atoms with Gasteiger partial charge in [0, 0.05) is 39.8 Å². The molecule has 0 saturated carbocycles. The summed E-state index contributed by atoms with van der Waals surface area (Å²) in [6.45, 7) is 5.11. The molecule has 2 aromatic rings. The van der Waals surface area contributed by atoms with Crippen molar-refractivity contribution in [3.8, 4) is 0 Å². The van der Waals surface area contributed by atoms with E-state index in [2.05, 4.69) is 43.8 Å². The number of benzene rings is 1. The van der Waals surface area contributed by atoms with Crippen LogP contribution in [0.15, 0.2) is 47.1 Å². The van der Waals surface area contributed by atoms with Gasteiger partial charge in [0.1, 0.15) is 12.8 Å². The molecule has 0 spiro atoms. The lowest BCUT2D eigenvalue weighted by atomic mass is 10.2. The number of hydrogen-bond acceptors (Lipinski definition) is 7. The molecular formula is C22H28N4O4. The van der Waals surface area contributed by atoms with E-state index in [1.54, 1.807) is 0 Å². The first-order chi connectivity index (χ1) is 14.5. The summed E-state index contributed by atoms with van der Waals surface area (Å²) in [4.78, 5) is 33.8. The smallest absolute Gasteiger partial charge is 0.325 e. The summed E-state index contributed by atoms with van der Waals surface area (Å²) >= 11 is 0. The van der Waals surface area contributed by atoms with Gasteiger partial charge >= 0.3 is 5.97 Å². The largest absolute Gasteiger partial charge is 0.468 e. The standard InChI is InChI=1S/C22H28N4O4/c1-24(16-21(27)29-2)22(28)19-17-30-20(23-19)15-26-13-11-25(12-14-26)10-6-9-18-7-4-3-5-8-18/h3-9,17H,10-16H2,1-2H3/b9-6+. The van der Waals surface area contributed by atoms with Crippen molar-refractivity contribution in [1.82, 2.24) is 19.7 Å². The summed E-state index contributed by atoms with van der Waals surface area (Å²) in [5, 5.41) is 0. The van der Waals surface area contributed by atoms with Crippen LogP contribution in [0.4, 0.5) is 0 Å². The highest BCUT2D eigenvalue weighted by molar-refractivity contribution is 5.93. The lowest BCUT2D eigenvalue weighted by Gasteiger charge is -2.33. The van der Waals surface area contributed by atoms with E-state index >= 15 is 0 Å². The average Bonchev–Trinajstić information content (AvgIpc) is 3.23. The number of esters is 1. The number of nitrogens with zero attached hydrogens (tertiary/aromatic N) is 4. The van der Waals surface area contributed by atoms with Crippen LogP contribution < -0.4 is 0 Å². The summed E-state index contributed by atoms with van der Waals surface area (Å²) in [6, 6.07) is 10.3. The van der Waals surface area contributed by atoms with Gasteiger partial charge in [-0.25, -0.2) is 4.98 Å². The fourth-order valence-corrected chi connectivity index (χ4v) is 3.23. The number of methoxy groups -OCH3 is 1. The number of oxazole rings is 1. The van der Waals surface area contributed by atoms with Crippen molar-refractivity contribution in [2.45, 2.75) is 6.54 Å². The Morgan fingerprint density at radius 1 is 1.17 bits per heavy atom. The molecule has 2 heterocycles. The highest BCUT2D eigenvalue weighted by atomic mass is 16.5. The van der Waals surface area contributed by atoms with Crippen LogP contribution in [0.5, 0.6) is 0 Å². The Morgan fingerprint density at radius 3 is 2.57 bits per heavy atom. The van der Waals surface area contributed by atoms with E-state index in [0.29, 0.717) is 12.4 Å². The van der Waals surface area contributed by atoms with Gasteiger partial charge in [0.25, 0.3) is 5.91 Å². The Labute approximate surface area is 176 Å². The predicted molar refractivity (Wildman–Crippen MR) is 113 cm³/mol. The fourth-order valence-electron chi connectivity index (χ4n) is 3.23. The van der Waals surface area contributed by atoms with Crippen LogP contribution >= 0.6 is 0 Å². The zero-order valence-electron chi connectivity index (χ0n) is 17.5. The molecule has 0 bridgehead atoms. The minimum absolute atomic E-state index is 0.127. The van der Waals surface area contributed by atoms with Crippen molar-refractivity contribution in [2.75, 3.05) is 53.4 Å². The van der Waals surface area contributed by atoms with Crippen molar-refractivity contribution in [1.29, 1.82) is 0 Å². The van der Waals surface area contributed by atoms with Gasteiger partial charge < -0.3 is 14.1 Å². The highest BCUT2D eigenvalue weighted by Crippen LogP contribution is 2.11. The zero-order valence-corrected chi connectivity index (χ0v) is 17.5. The molecule has 8 nitrogen and oxygen atoms in total. The molecule has 0 radical (unpaired) electrons. The van der Waals surface area contributed by atoms with Crippen LogP contribution in [0.3, 0.4) is 0 Å². The minimum Gasteiger partial charge on any atom is -0.468 e. The SMILES string of the molecule is COC(=O)CN(C)C(=O)c1coc(CN2CCN(C/C=C/c3ccccc3)CC2)n1. The minimum atomic E-state index is -0.481. The summed E-state index contributed by atoms with van der Waals surface area (Å²) in [5.74, 6) is -0.348. The van der Waals surface area contributed by atoms with Crippen LogP contribution in [-0.2, 0) is 16.1 Å². The molecule has 1 aliphatic heterocycles. The van der Waals surface area contributed by atoms with Gasteiger partial charge in [0.2, 0.25) is 5.89 Å². The molecule has 0 atom stereocenters. The second-order valence-electron chi connectivity index (χ2n) is 7.25. The Bertz CT molecular complexity index is 857. The molecule has 0 unspecified atom stereocenters. The van der Waals surface area contributed by atoms with E-state index in [1.165, 1.54) is 30.9 Å². The number of amides is 1. The predicted octanol–water partition coefficient (Wildman–Crippen LogP) is 1.75. The second kappa shape index (κ2) is 10.7. The number of ether oxygens (including phenoxy) is 1. The van der Waals surface area contributed by atoms with Crippen molar-refractivity contribution in [2.24, 2.45) is 0 Å². The van der Waals surface area contributed by atoms with E-state index in [-0.39, 0.29) is 18.1 Å². The van der Waals surface area contributed by atoms with Crippen LogP contribution in [-0.4, -0.2) is 85.0 Å². The van der Waals surface area contributed by atoms with Crippen LogP contribution in [0, 0.1) is 0 Å². The third kappa shape index (κ3) is 6.27. The molecule has 1 aromatic heterocycles. The van der Waals surface area contributed by atoms with Crippen molar-refractivity contribution < 1.29 is 18.7 Å². The number of likely N-dealkylation sites (N-methyl/N-ethyl adjacent to an activating group) is 1. The first-order valence-corrected chi connectivity index (χ1v) is 9.98. The van der Waals surface area contributed by atoms with Gasteiger partial charge in [-0.3, -0.25) is 19.4 Å². The zero-order chi connectivity index (χ0) is 21.3. The van der Waals surface area contributed by atoms with Gasteiger partial charge in [-0.05, 0) is 5.56 Å². The molecule has 0 N–H and O–H groups in total. The van der Waals surface area contributed by atoms with Crippen molar-refractivity contribution >= 4 is 18.0 Å². The van der Waals surface area contributed by atoms with E-state index in [0.717, 1.165) is 32.7 Å². The van der Waals surface area contributed by atoms with Gasteiger partial charge in [-0.2, -0.15) is 0 Å². The second-order valence-corrected chi connectivity index (χ2v) is 7.25. The summed E-state index contributed by atoms with van der Waals surface area (Å²) in [7, 11) is 2.81. The fraction of sp³-hybridized carbons (Fsp3) is 0.409. The number of carbonyl (C=O) groups is 2. The van der Waals surface area contributed by atoms with E-state index in [4.69, 9.17) is 4.42 Å². The Kier molecular flexibility index (Phi) is 7.75. The molecule has 3 rings (SSSR count). The molecule has 1 amide bonds. The lowest BCUT2D eigenvalue weighted by molar-refractivity contribution is -0.141. The Hall–Kier alpha value is -2.97. The number of hydrogen-bond donors (Lipinski definition) is 0.